The van der Waals surface area contributed by atoms with Crippen molar-refractivity contribution in [3.8, 4) is 0 Å². The van der Waals surface area contributed by atoms with E-state index in [2.05, 4.69) is 29.6 Å². The summed E-state index contributed by atoms with van der Waals surface area (Å²) >= 11 is 0. The van der Waals surface area contributed by atoms with Gasteiger partial charge in [-0.2, -0.15) is 0 Å². The average molecular weight is 183 g/mol. The van der Waals surface area contributed by atoms with Crippen LogP contribution < -0.4 is 10.6 Å². The highest BCUT2D eigenvalue weighted by atomic mass is 16.5. The molecule has 0 saturated carbocycles. The molecule has 0 spiro atoms. The molecule has 0 radical (unpaired) electrons. The number of hydrogen-bond donors (Lipinski definition) is 2. The fraction of sp³-hybridized carbons (Fsp3) is 0.667. The zero-order chi connectivity index (χ0) is 9.52. The smallest absolute Gasteiger partial charge is 0.124 e. The Labute approximate surface area is 78.7 Å². The van der Waals surface area contributed by atoms with Crippen molar-refractivity contribution in [1.82, 2.24) is 15.8 Å². The zero-order valence-corrected chi connectivity index (χ0v) is 8.21. The van der Waals surface area contributed by atoms with Gasteiger partial charge in [-0.05, 0) is 13.5 Å². The van der Waals surface area contributed by atoms with E-state index in [1.807, 2.05) is 6.07 Å². The molecule has 0 saturated heterocycles. The van der Waals surface area contributed by atoms with E-state index in [4.69, 9.17) is 4.52 Å². The SMILES string of the molecule is CCNCC(C)NCc1ccon1. The van der Waals surface area contributed by atoms with Gasteiger partial charge >= 0.3 is 0 Å². The Balaban J connectivity index is 2.11. The van der Waals surface area contributed by atoms with E-state index < -0.39 is 0 Å². The second kappa shape index (κ2) is 5.72. The van der Waals surface area contributed by atoms with Gasteiger partial charge in [0.2, 0.25) is 0 Å². The molecule has 74 valence electrons. The van der Waals surface area contributed by atoms with Crippen LogP contribution in [-0.2, 0) is 6.54 Å². The van der Waals surface area contributed by atoms with Crippen molar-refractivity contribution in [2.45, 2.75) is 26.4 Å². The Bertz CT molecular complexity index is 211. The summed E-state index contributed by atoms with van der Waals surface area (Å²) in [5, 5.41) is 10.4. The first kappa shape index (κ1) is 10.2. The van der Waals surface area contributed by atoms with Gasteiger partial charge in [0.05, 0.1) is 5.69 Å². The van der Waals surface area contributed by atoms with E-state index in [0.29, 0.717) is 6.04 Å². The fourth-order valence-corrected chi connectivity index (χ4v) is 1.04. The predicted molar refractivity (Wildman–Crippen MR) is 51.3 cm³/mol. The first-order valence-electron chi connectivity index (χ1n) is 4.66. The predicted octanol–water partition coefficient (Wildman–Crippen LogP) is 0.762. The van der Waals surface area contributed by atoms with Crippen molar-refractivity contribution in [2.75, 3.05) is 13.1 Å². The lowest BCUT2D eigenvalue weighted by atomic mass is 10.3. The number of rotatable bonds is 6. The molecule has 13 heavy (non-hydrogen) atoms. The number of likely N-dealkylation sites (N-methyl/N-ethyl adjacent to an activating group) is 1. The number of hydrogen-bond acceptors (Lipinski definition) is 4. The third kappa shape index (κ3) is 4.05. The van der Waals surface area contributed by atoms with Crippen molar-refractivity contribution in [2.24, 2.45) is 0 Å². The molecule has 0 aromatic carbocycles. The summed E-state index contributed by atoms with van der Waals surface area (Å²) in [4.78, 5) is 0. The maximum atomic E-state index is 4.72. The van der Waals surface area contributed by atoms with Crippen molar-refractivity contribution in [3.63, 3.8) is 0 Å². The van der Waals surface area contributed by atoms with Gasteiger partial charge in [-0.1, -0.05) is 12.1 Å². The van der Waals surface area contributed by atoms with Crippen LogP contribution in [-0.4, -0.2) is 24.3 Å². The largest absolute Gasteiger partial charge is 0.364 e. The van der Waals surface area contributed by atoms with E-state index >= 15 is 0 Å². The van der Waals surface area contributed by atoms with Crippen LogP contribution in [0.4, 0.5) is 0 Å². The van der Waals surface area contributed by atoms with Crippen molar-refractivity contribution in [3.05, 3.63) is 18.0 Å². The fourth-order valence-electron chi connectivity index (χ4n) is 1.04. The normalized spacial score (nSPS) is 13.1. The van der Waals surface area contributed by atoms with E-state index in [9.17, 15) is 0 Å². The summed E-state index contributed by atoms with van der Waals surface area (Å²) in [5.41, 5.74) is 0.948. The molecule has 0 aliphatic rings. The monoisotopic (exact) mass is 183 g/mol. The van der Waals surface area contributed by atoms with Gasteiger partial charge in [-0.15, -0.1) is 0 Å². The summed E-state index contributed by atoms with van der Waals surface area (Å²) in [6, 6.07) is 2.32. The Kier molecular flexibility index (Phi) is 4.49. The lowest BCUT2D eigenvalue weighted by Gasteiger charge is -2.12. The molecule has 0 amide bonds. The third-order valence-corrected chi connectivity index (χ3v) is 1.82. The Morgan fingerprint density at radius 2 is 2.46 bits per heavy atom. The van der Waals surface area contributed by atoms with Gasteiger partial charge in [-0.3, -0.25) is 0 Å². The summed E-state index contributed by atoms with van der Waals surface area (Å²) in [7, 11) is 0. The second-order valence-corrected chi connectivity index (χ2v) is 3.08. The molecular formula is C9H17N3O. The summed E-state index contributed by atoms with van der Waals surface area (Å²) in [5.74, 6) is 0. The molecule has 0 fully saturated rings. The van der Waals surface area contributed by atoms with E-state index in [1.54, 1.807) is 6.26 Å². The Hall–Kier alpha value is -0.870. The van der Waals surface area contributed by atoms with E-state index in [-0.39, 0.29) is 0 Å². The molecule has 2 N–H and O–H groups in total. The number of nitrogens with zero attached hydrogens (tertiary/aromatic N) is 1. The van der Waals surface area contributed by atoms with E-state index in [0.717, 1.165) is 25.3 Å². The quantitative estimate of drug-likeness (QED) is 0.683. The average Bonchev–Trinajstić information content (AvgIpc) is 2.64. The minimum Gasteiger partial charge on any atom is -0.364 e. The van der Waals surface area contributed by atoms with Crippen molar-refractivity contribution >= 4 is 0 Å². The standard InChI is InChI=1S/C9H17N3O/c1-3-10-6-8(2)11-7-9-4-5-13-12-9/h4-5,8,10-11H,3,6-7H2,1-2H3. The van der Waals surface area contributed by atoms with Crippen LogP contribution in [0, 0.1) is 0 Å². The van der Waals surface area contributed by atoms with Crippen LogP contribution in [0.2, 0.25) is 0 Å². The summed E-state index contributed by atoms with van der Waals surface area (Å²) < 4.78 is 4.72. The van der Waals surface area contributed by atoms with Crippen molar-refractivity contribution in [1.29, 1.82) is 0 Å². The molecule has 1 unspecified atom stereocenters. The highest BCUT2D eigenvalue weighted by Crippen LogP contribution is 1.93. The van der Waals surface area contributed by atoms with Crippen LogP contribution in [0.3, 0.4) is 0 Å². The molecular weight excluding hydrogens is 166 g/mol. The van der Waals surface area contributed by atoms with Gasteiger partial charge in [0, 0.05) is 25.2 Å². The van der Waals surface area contributed by atoms with Gasteiger partial charge < -0.3 is 15.2 Å². The highest BCUT2D eigenvalue weighted by Gasteiger charge is 2.01. The highest BCUT2D eigenvalue weighted by molar-refractivity contribution is 4.94. The minimum atomic E-state index is 0.455. The molecule has 1 atom stereocenters. The van der Waals surface area contributed by atoms with Crippen LogP contribution in [0.1, 0.15) is 19.5 Å². The molecule has 1 aromatic heterocycles. The summed E-state index contributed by atoms with van der Waals surface area (Å²) in [6.45, 7) is 7.00. The second-order valence-electron chi connectivity index (χ2n) is 3.08. The third-order valence-electron chi connectivity index (χ3n) is 1.82. The molecule has 4 nitrogen and oxygen atoms in total. The maximum absolute atomic E-state index is 4.72. The van der Waals surface area contributed by atoms with Gasteiger partial charge in [0.25, 0.3) is 0 Å². The first-order chi connectivity index (χ1) is 6.33. The van der Waals surface area contributed by atoms with Crippen LogP contribution in [0.25, 0.3) is 0 Å². The van der Waals surface area contributed by atoms with Gasteiger partial charge in [0.15, 0.2) is 0 Å². The van der Waals surface area contributed by atoms with Crippen molar-refractivity contribution < 1.29 is 4.52 Å². The molecule has 0 aliphatic heterocycles. The lowest BCUT2D eigenvalue weighted by Crippen LogP contribution is -2.35. The molecule has 0 aliphatic carbocycles. The molecule has 1 aromatic rings. The molecule has 1 heterocycles. The zero-order valence-electron chi connectivity index (χ0n) is 8.21. The molecule has 4 heteroatoms. The van der Waals surface area contributed by atoms with E-state index in [1.165, 1.54) is 0 Å². The molecule has 1 rings (SSSR count). The summed E-state index contributed by atoms with van der Waals surface area (Å²) in [6.07, 6.45) is 1.59. The number of aromatic nitrogens is 1. The van der Waals surface area contributed by atoms with Gasteiger partial charge in [-0.25, -0.2) is 0 Å². The topological polar surface area (TPSA) is 50.1 Å². The van der Waals surface area contributed by atoms with Crippen LogP contribution in [0.15, 0.2) is 16.9 Å². The maximum Gasteiger partial charge on any atom is 0.124 e. The Morgan fingerprint density at radius 3 is 3.08 bits per heavy atom. The minimum absolute atomic E-state index is 0.455. The van der Waals surface area contributed by atoms with Gasteiger partial charge in [0.1, 0.15) is 6.26 Å². The number of nitrogens with one attached hydrogen (secondary N) is 2. The Morgan fingerprint density at radius 1 is 1.62 bits per heavy atom. The van der Waals surface area contributed by atoms with Crippen LogP contribution in [0.5, 0.6) is 0 Å². The molecule has 0 bridgehead atoms. The van der Waals surface area contributed by atoms with Crippen LogP contribution >= 0.6 is 0 Å². The first-order valence-corrected chi connectivity index (χ1v) is 4.66. The lowest BCUT2D eigenvalue weighted by molar-refractivity contribution is 0.404.